The first-order chi connectivity index (χ1) is 16.1. The van der Waals surface area contributed by atoms with E-state index in [1.807, 2.05) is 0 Å². The minimum absolute atomic E-state index is 0.444. The van der Waals surface area contributed by atoms with Crippen LogP contribution < -0.4 is 4.74 Å². The summed E-state index contributed by atoms with van der Waals surface area (Å²) in [5.74, 6) is -0.812. The molecule has 8 nitrogen and oxygen atoms in total. The Hall–Kier alpha value is -2.16. The van der Waals surface area contributed by atoms with E-state index in [1.165, 1.54) is 58.0 Å². The van der Waals surface area contributed by atoms with Gasteiger partial charge in [-0.25, -0.2) is 9.59 Å². The zero-order valence-electron chi connectivity index (χ0n) is 20.4. The Balaban J connectivity index is 0.000000277. The van der Waals surface area contributed by atoms with Crippen LogP contribution in [0.15, 0.2) is 18.2 Å². The van der Waals surface area contributed by atoms with Gasteiger partial charge in [-0.15, -0.1) is 0 Å². The summed E-state index contributed by atoms with van der Waals surface area (Å²) in [7, 11) is 1.80. The number of aliphatic carboxylic acids is 2. The second kappa shape index (κ2) is 11.1. The van der Waals surface area contributed by atoms with Crippen molar-refractivity contribution in [1.29, 1.82) is 0 Å². The standard InChI is InChI=1S/C22H33NO.C4H6O6/c1-16(2)9-12-23-13-11-22-10-5-4-6-19(22)21(23)14-17-7-8-18(24-3)15-20(17)22;5-1(3(7)8)2(6)4(9)10/h7-8,15-16,19,21H,4-6,9-14H2,1-3H3;1-2,5-6H,(H,7,8)(H,9,10)/t19-,21-,22+;1-,2-/m01/s1. The van der Waals surface area contributed by atoms with Crippen LogP contribution in [0.2, 0.25) is 0 Å². The Bertz CT molecular complexity index is 855. The Morgan fingerprint density at radius 2 is 1.79 bits per heavy atom. The van der Waals surface area contributed by atoms with Crippen molar-refractivity contribution in [3.05, 3.63) is 29.3 Å². The quantitative estimate of drug-likeness (QED) is 0.472. The molecule has 8 heteroatoms. The van der Waals surface area contributed by atoms with Crippen molar-refractivity contribution >= 4 is 11.9 Å². The lowest BCUT2D eigenvalue weighted by Crippen LogP contribution is -2.61. The Labute approximate surface area is 201 Å². The van der Waals surface area contributed by atoms with Crippen LogP contribution in [0.25, 0.3) is 0 Å². The molecule has 190 valence electrons. The van der Waals surface area contributed by atoms with Gasteiger partial charge in [-0.3, -0.25) is 4.90 Å². The van der Waals surface area contributed by atoms with Crippen LogP contribution in [0.4, 0.5) is 0 Å². The lowest BCUT2D eigenvalue weighted by atomic mass is 9.52. The number of aliphatic hydroxyl groups is 2. The predicted octanol–water partition coefficient (Wildman–Crippen LogP) is 2.68. The molecule has 1 saturated heterocycles. The van der Waals surface area contributed by atoms with Crippen molar-refractivity contribution in [2.45, 2.75) is 82.5 Å². The zero-order chi connectivity index (χ0) is 25.0. The average molecular weight is 478 g/mol. The maximum Gasteiger partial charge on any atom is 0.335 e. The van der Waals surface area contributed by atoms with Gasteiger partial charge in [-0.05, 0) is 80.3 Å². The molecule has 4 rings (SSSR count). The SMILES string of the molecule is COc1ccc2c(c1)[C@@]13CCCC[C@H]1[C@H](C2)N(CCC(C)C)CC3.O=C(O)[C@H](O)[C@@H](O)C(=O)O. The maximum atomic E-state index is 9.77. The summed E-state index contributed by atoms with van der Waals surface area (Å²) in [6, 6.07) is 7.69. The van der Waals surface area contributed by atoms with Gasteiger partial charge in [0.15, 0.2) is 12.2 Å². The molecule has 1 aliphatic heterocycles. The number of carbonyl (C=O) groups is 2. The Morgan fingerprint density at radius 1 is 1.12 bits per heavy atom. The molecule has 3 aliphatic rings. The summed E-state index contributed by atoms with van der Waals surface area (Å²) < 4.78 is 5.57. The smallest absolute Gasteiger partial charge is 0.335 e. The number of hydrogen-bond acceptors (Lipinski definition) is 6. The molecule has 1 heterocycles. The number of carboxylic acid groups (broad SMARTS) is 2. The molecule has 0 amide bonds. The van der Waals surface area contributed by atoms with Gasteiger partial charge < -0.3 is 25.2 Å². The van der Waals surface area contributed by atoms with Crippen molar-refractivity contribution in [2.75, 3.05) is 20.2 Å². The number of aliphatic hydroxyl groups excluding tert-OH is 2. The van der Waals surface area contributed by atoms with E-state index in [4.69, 9.17) is 25.2 Å². The van der Waals surface area contributed by atoms with E-state index < -0.39 is 24.1 Å². The molecule has 5 atom stereocenters. The van der Waals surface area contributed by atoms with Crippen molar-refractivity contribution in [3.63, 3.8) is 0 Å². The maximum absolute atomic E-state index is 9.77. The third kappa shape index (κ3) is 5.39. The van der Waals surface area contributed by atoms with Gasteiger partial charge in [0, 0.05) is 11.5 Å². The fourth-order valence-corrected chi connectivity index (χ4v) is 6.16. The van der Waals surface area contributed by atoms with Crippen molar-refractivity contribution in [2.24, 2.45) is 11.8 Å². The highest BCUT2D eigenvalue weighted by molar-refractivity contribution is 5.83. The second-order valence-electron chi connectivity index (χ2n) is 10.3. The summed E-state index contributed by atoms with van der Waals surface area (Å²) in [6.07, 6.45) is 5.08. The molecular formula is C26H39NO7. The van der Waals surface area contributed by atoms with Crippen LogP contribution in [0.5, 0.6) is 5.75 Å². The zero-order valence-corrected chi connectivity index (χ0v) is 20.4. The summed E-state index contributed by atoms with van der Waals surface area (Å²) in [6.45, 7) is 7.31. The van der Waals surface area contributed by atoms with E-state index in [9.17, 15) is 9.59 Å². The topological polar surface area (TPSA) is 128 Å². The average Bonchev–Trinajstić information content (AvgIpc) is 2.82. The molecule has 0 spiro atoms. The normalized spacial score (nSPS) is 27.5. The number of nitrogens with zero attached hydrogens (tertiary/aromatic N) is 1. The van der Waals surface area contributed by atoms with E-state index in [2.05, 4.69) is 36.9 Å². The predicted molar refractivity (Wildman–Crippen MR) is 127 cm³/mol. The van der Waals surface area contributed by atoms with E-state index in [0.717, 1.165) is 23.6 Å². The highest BCUT2D eigenvalue weighted by Gasteiger charge is 2.53. The third-order valence-corrected chi connectivity index (χ3v) is 7.96. The Morgan fingerprint density at radius 3 is 2.38 bits per heavy atom. The van der Waals surface area contributed by atoms with Crippen LogP contribution in [0.3, 0.4) is 0 Å². The van der Waals surface area contributed by atoms with E-state index in [-0.39, 0.29) is 0 Å². The third-order valence-electron chi connectivity index (χ3n) is 7.96. The summed E-state index contributed by atoms with van der Waals surface area (Å²) in [5.41, 5.74) is 3.69. The van der Waals surface area contributed by atoms with Crippen LogP contribution in [0.1, 0.15) is 63.5 Å². The fourth-order valence-electron chi connectivity index (χ4n) is 6.16. The van der Waals surface area contributed by atoms with Gasteiger partial charge in [0.2, 0.25) is 0 Å². The highest BCUT2D eigenvalue weighted by atomic mass is 16.5. The largest absolute Gasteiger partial charge is 0.497 e. The molecule has 4 N–H and O–H groups in total. The van der Waals surface area contributed by atoms with Crippen molar-refractivity contribution < 1.29 is 34.8 Å². The molecule has 34 heavy (non-hydrogen) atoms. The summed E-state index contributed by atoms with van der Waals surface area (Å²) in [4.78, 5) is 22.4. The first kappa shape index (κ1) is 26.4. The number of methoxy groups -OCH3 is 1. The summed E-state index contributed by atoms with van der Waals surface area (Å²) >= 11 is 0. The number of piperidine rings is 1. The molecule has 2 fully saturated rings. The molecule has 2 aliphatic carbocycles. The van der Waals surface area contributed by atoms with Gasteiger partial charge in [-0.1, -0.05) is 32.8 Å². The van der Waals surface area contributed by atoms with Gasteiger partial charge in [0.1, 0.15) is 5.75 Å². The minimum Gasteiger partial charge on any atom is -0.497 e. The second-order valence-corrected chi connectivity index (χ2v) is 10.3. The molecule has 0 unspecified atom stereocenters. The number of ether oxygens (including phenoxy) is 1. The van der Waals surface area contributed by atoms with Crippen LogP contribution in [-0.2, 0) is 21.4 Å². The van der Waals surface area contributed by atoms with Crippen molar-refractivity contribution in [1.82, 2.24) is 4.90 Å². The number of likely N-dealkylation sites (tertiary alicyclic amines) is 1. The van der Waals surface area contributed by atoms with E-state index in [0.29, 0.717) is 5.41 Å². The molecular weight excluding hydrogens is 438 g/mol. The molecule has 0 aromatic heterocycles. The van der Waals surface area contributed by atoms with E-state index >= 15 is 0 Å². The number of benzene rings is 1. The van der Waals surface area contributed by atoms with Gasteiger partial charge >= 0.3 is 11.9 Å². The van der Waals surface area contributed by atoms with Crippen LogP contribution in [0, 0.1) is 11.8 Å². The van der Waals surface area contributed by atoms with Gasteiger partial charge in [0.25, 0.3) is 0 Å². The molecule has 1 aromatic carbocycles. The molecule has 1 saturated carbocycles. The lowest BCUT2D eigenvalue weighted by molar-refractivity contribution is -0.165. The van der Waals surface area contributed by atoms with Gasteiger partial charge in [0.05, 0.1) is 7.11 Å². The van der Waals surface area contributed by atoms with Gasteiger partial charge in [-0.2, -0.15) is 0 Å². The highest BCUT2D eigenvalue weighted by Crippen LogP contribution is 2.56. The number of fused-ring (bicyclic) bond motifs is 1. The molecule has 1 aromatic rings. The molecule has 2 bridgehead atoms. The first-order valence-corrected chi connectivity index (χ1v) is 12.3. The van der Waals surface area contributed by atoms with E-state index in [1.54, 1.807) is 18.2 Å². The van der Waals surface area contributed by atoms with Crippen LogP contribution in [-0.4, -0.2) is 75.7 Å². The Kier molecular flexibility index (Phi) is 8.60. The fraction of sp³-hybridized carbons (Fsp3) is 0.692. The summed E-state index contributed by atoms with van der Waals surface area (Å²) in [5, 5.41) is 32.5. The first-order valence-electron chi connectivity index (χ1n) is 12.3. The number of rotatable bonds is 7. The van der Waals surface area contributed by atoms with Crippen molar-refractivity contribution in [3.8, 4) is 5.75 Å². The lowest BCUT2D eigenvalue weighted by Gasteiger charge is -2.59. The molecule has 0 radical (unpaired) electrons. The van der Waals surface area contributed by atoms with Crippen LogP contribution >= 0.6 is 0 Å². The monoisotopic (exact) mass is 477 g/mol. The minimum atomic E-state index is -2.27. The number of carboxylic acids is 2. The number of hydrogen-bond donors (Lipinski definition) is 4.